The van der Waals surface area contributed by atoms with Gasteiger partial charge in [-0.1, -0.05) is 87.1 Å². The second-order valence-corrected chi connectivity index (χ2v) is 12.3. The molecule has 1 nitrogen and oxygen atoms in total. The van der Waals surface area contributed by atoms with Crippen LogP contribution in [0.2, 0.25) is 0 Å². The Hall–Kier alpha value is -2.93. The van der Waals surface area contributed by atoms with Crippen molar-refractivity contribution in [2.45, 2.75) is 82.9 Å². The summed E-state index contributed by atoms with van der Waals surface area (Å²) in [6, 6.07) is 24.6. The van der Waals surface area contributed by atoms with Gasteiger partial charge in [0.25, 0.3) is 0 Å². The van der Waals surface area contributed by atoms with Crippen LogP contribution in [0, 0.1) is 18.8 Å². The van der Waals surface area contributed by atoms with Gasteiger partial charge >= 0.3 is 0 Å². The Balaban J connectivity index is 1.33. The summed E-state index contributed by atoms with van der Waals surface area (Å²) < 4.78 is 21.2. The van der Waals surface area contributed by atoms with Gasteiger partial charge in [-0.05, 0) is 101 Å². The van der Waals surface area contributed by atoms with E-state index < -0.39 is 11.8 Å². The molecule has 1 heterocycles. The minimum absolute atomic E-state index is 0.426. The van der Waals surface area contributed by atoms with Gasteiger partial charge in [0.15, 0.2) is 6.20 Å². The molecule has 3 aromatic carbocycles. The van der Waals surface area contributed by atoms with Gasteiger partial charge in [-0.25, -0.2) is 4.57 Å². The van der Waals surface area contributed by atoms with Crippen molar-refractivity contribution in [1.82, 2.24) is 0 Å². The first-order chi connectivity index (χ1) is 19.3. The highest BCUT2D eigenvalue weighted by atomic mass is 14.9. The number of nitrogens with zero attached hydrogens (tertiary/aromatic N) is 1. The Morgan fingerprint density at radius 2 is 1.45 bits per heavy atom. The summed E-state index contributed by atoms with van der Waals surface area (Å²) in [5, 5.41) is 2.45. The molecule has 2 atom stereocenters. The van der Waals surface area contributed by atoms with Gasteiger partial charge < -0.3 is 0 Å². The van der Waals surface area contributed by atoms with Gasteiger partial charge in [0.05, 0.1) is 0 Å². The highest BCUT2D eigenvalue weighted by molar-refractivity contribution is 5.89. The van der Waals surface area contributed by atoms with Crippen LogP contribution in [0.5, 0.6) is 0 Å². The average molecular weight is 503 g/mol. The average Bonchev–Trinajstić information content (AvgIpc) is 3.52. The van der Waals surface area contributed by atoms with Crippen molar-refractivity contribution in [3.63, 3.8) is 0 Å². The second-order valence-electron chi connectivity index (χ2n) is 12.3. The predicted octanol–water partition coefficient (Wildman–Crippen LogP) is 9.65. The Morgan fingerprint density at radius 1 is 0.711 bits per heavy atom. The minimum atomic E-state index is -0.549. The van der Waals surface area contributed by atoms with E-state index in [0.717, 1.165) is 55.9 Å². The highest BCUT2D eigenvalue weighted by Gasteiger charge is 2.37. The lowest BCUT2D eigenvalue weighted by Crippen LogP contribution is -2.32. The van der Waals surface area contributed by atoms with E-state index in [-0.39, 0.29) is 0 Å². The number of rotatable bonds is 4. The zero-order valence-electron chi connectivity index (χ0n) is 25.1. The van der Waals surface area contributed by atoms with E-state index in [1.165, 1.54) is 70.0 Å². The summed E-state index contributed by atoms with van der Waals surface area (Å²) in [5.74, 6) is 0.540. The summed E-state index contributed by atoms with van der Waals surface area (Å²) in [7, 11) is 2.14. The van der Waals surface area contributed by atoms with Crippen LogP contribution in [0.4, 0.5) is 0 Å². The van der Waals surface area contributed by atoms with E-state index in [9.17, 15) is 2.74 Å². The normalized spacial score (nSPS) is 27.2. The molecule has 0 aliphatic heterocycles. The van der Waals surface area contributed by atoms with Crippen LogP contribution in [0.3, 0.4) is 0 Å². The maximum absolute atomic E-state index is 9.59. The Morgan fingerprint density at radius 3 is 2.24 bits per heavy atom. The third-order valence-electron chi connectivity index (χ3n) is 9.93. The number of hydrogen-bond donors (Lipinski definition) is 0. The van der Waals surface area contributed by atoms with E-state index in [1.54, 1.807) is 0 Å². The lowest BCUT2D eigenvalue weighted by Gasteiger charge is -2.24. The van der Waals surface area contributed by atoms with Crippen molar-refractivity contribution in [3.05, 3.63) is 89.6 Å². The quantitative estimate of drug-likeness (QED) is 0.245. The zero-order valence-corrected chi connectivity index (χ0v) is 23.1. The lowest BCUT2D eigenvalue weighted by atomic mass is 9.81. The molecule has 1 heteroatoms. The molecular formula is C37H42N+. The second kappa shape index (κ2) is 9.99. The number of benzene rings is 3. The molecule has 0 spiro atoms. The molecule has 0 amide bonds. The third kappa shape index (κ3) is 4.39. The van der Waals surface area contributed by atoms with Gasteiger partial charge in [0.2, 0.25) is 5.69 Å². The van der Waals surface area contributed by atoms with Crippen LogP contribution >= 0.6 is 0 Å². The van der Waals surface area contributed by atoms with E-state index in [0.29, 0.717) is 0 Å². The largest absolute Gasteiger partial charge is 0.213 e. The zero-order chi connectivity index (χ0) is 27.5. The van der Waals surface area contributed by atoms with Crippen molar-refractivity contribution in [3.8, 4) is 22.4 Å². The summed E-state index contributed by atoms with van der Waals surface area (Å²) in [6.07, 6.45) is 13.6. The van der Waals surface area contributed by atoms with E-state index in [4.69, 9.17) is 0 Å². The molecule has 2 unspecified atom stereocenters. The maximum Gasteiger partial charge on any atom is 0.213 e. The van der Waals surface area contributed by atoms with Crippen LogP contribution in [0.1, 0.15) is 95.4 Å². The smallest absolute Gasteiger partial charge is 0.201 e. The van der Waals surface area contributed by atoms with E-state index in [2.05, 4.69) is 91.5 Å². The van der Waals surface area contributed by atoms with Gasteiger partial charge in [0.1, 0.15) is 7.05 Å². The first-order valence-electron chi connectivity index (χ1n) is 16.0. The summed E-state index contributed by atoms with van der Waals surface area (Å²) in [6.45, 7) is 2.18. The molecule has 7 rings (SSSR count). The summed E-state index contributed by atoms with van der Waals surface area (Å²) in [4.78, 5) is 0. The number of aryl methyl sites for hydroxylation is 2. The summed E-state index contributed by atoms with van der Waals surface area (Å²) >= 11 is 0. The molecule has 3 aliphatic rings. The van der Waals surface area contributed by atoms with Crippen LogP contribution in [0.15, 0.2) is 72.9 Å². The molecule has 194 valence electrons. The molecule has 0 radical (unpaired) electrons. The standard InChI is InChI=1S/C37H42N/c1-25-9-6-7-14-34(25)37-23-35(36(24-38(37)2)26-10-4-3-5-11-26)32-18-17-29-19-31(16-15-30(29)20-32)33-21-27-12-8-13-28(27)22-33/h6-7,9,14-20,23-24,26-28,33H,3-5,8,10-13,21-22H2,1-2H3/q+1/i26D,33D. The van der Waals surface area contributed by atoms with Gasteiger partial charge in [-0.2, -0.15) is 0 Å². The predicted molar refractivity (Wildman–Crippen MR) is 159 cm³/mol. The van der Waals surface area contributed by atoms with Crippen molar-refractivity contribution in [2.75, 3.05) is 0 Å². The first-order valence-corrected chi connectivity index (χ1v) is 15.0. The number of pyridine rings is 1. The molecule has 0 bridgehead atoms. The fourth-order valence-electron chi connectivity index (χ4n) is 7.78. The molecule has 4 aromatic rings. The van der Waals surface area contributed by atoms with E-state index >= 15 is 0 Å². The molecule has 3 fully saturated rings. The van der Waals surface area contributed by atoms with E-state index in [1.807, 2.05) is 0 Å². The van der Waals surface area contributed by atoms with Crippen LogP contribution in [-0.2, 0) is 7.05 Å². The van der Waals surface area contributed by atoms with Gasteiger partial charge in [-0.3, -0.25) is 0 Å². The molecule has 3 saturated carbocycles. The third-order valence-corrected chi connectivity index (χ3v) is 9.93. The monoisotopic (exact) mass is 502 g/mol. The molecule has 38 heavy (non-hydrogen) atoms. The molecule has 0 N–H and O–H groups in total. The van der Waals surface area contributed by atoms with Crippen molar-refractivity contribution >= 4 is 10.8 Å². The van der Waals surface area contributed by atoms with Gasteiger partial charge in [-0.15, -0.1) is 0 Å². The van der Waals surface area contributed by atoms with Crippen LogP contribution in [-0.4, -0.2) is 0 Å². The fraction of sp³-hybridized carbons (Fsp3) is 0.432. The topological polar surface area (TPSA) is 3.88 Å². The van der Waals surface area contributed by atoms with Gasteiger partial charge in [0, 0.05) is 19.9 Å². The summed E-state index contributed by atoms with van der Waals surface area (Å²) in [5.41, 5.74) is 8.44. The van der Waals surface area contributed by atoms with Crippen molar-refractivity contribution in [1.29, 1.82) is 0 Å². The van der Waals surface area contributed by atoms with Crippen molar-refractivity contribution < 1.29 is 7.31 Å². The number of fused-ring (bicyclic) bond motifs is 2. The number of hydrogen-bond acceptors (Lipinski definition) is 0. The Bertz CT molecular complexity index is 1570. The highest BCUT2D eigenvalue weighted by Crippen LogP contribution is 2.50. The van der Waals surface area contributed by atoms with Crippen LogP contribution in [0.25, 0.3) is 33.2 Å². The molecular weight excluding hydrogens is 458 g/mol. The minimum Gasteiger partial charge on any atom is -0.201 e. The first kappa shape index (κ1) is 21.9. The SMILES string of the molecule is [2H]C1(c2ccc3cc(-c4cc(-c5ccccc5C)[n+](C)cc4C4([2H])CCCCC4)ccc3c2)CC2CCCC2C1. The molecule has 0 saturated heterocycles. The molecule has 3 aliphatic carbocycles. The molecule has 1 aromatic heterocycles. The number of aromatic nitrogens is 1. The Labute approximate surface area is 231 Å². The van der Waals surface area contributed by atoms with Crippen LogP contribution < -0.4 is 4.57 Å². The van der Waals surface area contributed by atoms with Crippen molar-refractivity contribution in [2.24, 2.45) is 18.9 Å². The maximum atomic E-state index is 9.59. The lowest BCUT2D eigenvalue weighted by molar-refractivity contribution is -0.660. The Kier molecular flexibility index (Phi) is 5.77. The fourth-order valence-corrected chi connectivity index (χ4v) is 7.78.